The molecule has 0 aromatic heterocycles. The SMILES string of the molecule is CC(CO)C(C)NC(=O)/C=C/c1ccccc1Br. The third-order valence-corrected chi connectivity index (χ3v) is 3.55. The topological polar surface area (TPSA) is 49.3 Å². The summed E-state index contributed by atoms with van der Waals surface area (Å²) in [7, 11) is 0. The first-order valence-corrected chi connectivity index (χ1v) is 6.68. The lowest BCUT2D eigenvalue weighted by Crippen LogP contribution is -2.37. The van der Waals surface area contributed by atoms with Crippen molar-refractivity contribution in [2.24, 2.45) is 5.92 Å². The third-order valence-electron chi connectivity index (χ3n) is 2.83. The summed E-state index contributed by atoms with van der Waals surface area (Å²) < 4.78 is 0.950. The van der Waals surface area contributed by atoms with Crippen LogP contribution in [0.2, 0.25) is 0 Å². The van der Waals surface area contributed by atoms with Crippen molar-refractivity contribution in [2.75, 3.05) is 6.61 Å². The van der Waals surface area contributed by atoms with Crippen LogP contribution in [0.4, 0.5) is 0 Å². The van der Waals surface area contributed by atoms with Crippen molar-refractivity contribution in [3.63, 3.8) is 0 Å². The van der Waals surface area contributed by atoms with E-state index in [9.17, 15) is 4.79 Å². The van der Waals surface area contributed by atoms with Gasteiger partial charge in [0.05, 0.1) is 0 Å². The van der Waals surface area contributed by atoms with E-state index in [0.29, 0.717) is 0 Å². The summed E-state index contributed by atoms with van der Waals surface area (Å²) in [4.78, 5) is 11.7. The number of nitrogens with one attached hydrogen (secondary N) is 1. The first-order chi connectivity index (χ1) is 8.54. The van der Waals surface area contributed by atoms with E-state index in [1.165, 1.54) is 6.08 Å². The Morgan fingerprint density at radius 1 is 1.44 bits per heavy atom. The molecule has 18 heavy (non-hydrogen) atoms. The third kappa shape index (κ3) is 4.63. The van der Waals surface area contributed by atoms with Gasteiger partial charge in [0.1, 0.15) is 0 Å². The largest absolute Gasteiger partial charge is 0.396 e. The van der Waals surface area contributed by atoms with E-state index in [1.807, 2.05) is 38.1 Å². The Hall–Kier alpha value is -1.13. The first-order valence-electron chi connectivity index (χ1n) is 5.88. The van der Waals surface area contributed by atoms with Crippen LogP contribution in [0.1, 0.15) is 19.4 Å². The van der Waals surface area contributed by atoms with Gasteiger partial charge in [-0.25, -0.2) is 0 Å². The highest BCUT2D eigenvalue weighted by molar-refractivity contribution is 9.10. The Morgan fingerprint density at radius 3 is 2.72 bits per heavy atom. The van der Waals surface area contributed by atoms with Crippen molar-refractivity contribution in [2.45, 2.75) is 19.9 Å². The van der Waals surface area contributed by atoms with E-state index in [1.54, 1.807) is 6.08 Å². The zero-order chi connectivity index (χ0) is 13.5. The van der Waals surface area contributed by atoms with E-state index < -0.39 is 0 Å². The van der Waals surface area contributed by atoms with Gasteiger partial charge in [0.25, 0.3) is 0 Å². The number of hydrogen-bond acceptors (Lipinski definition) is 2. The van der Waals surface area contributed by atoms with Crippen LogP contribution < -0.4 is 5.32 Å². The highest BCUT2D eigenvalue weighted by Crippen LogP contribution is 2.16. The van der Waals surface area contributed by atoms with Crippen molar-refractivity contribution < 1.29 is 9.90 Å². The number of amides is 1. The molecule has 0 bridgehead atoms. The van der Waals surface area contributed by atoms with Crippen LogP contribution in [0.5, 0.6) is 0 Å². The summed E-state index contributed by atoms with van der Waals surface area (Å²) in [5.41, 5.74) is 0.954. The zero-order valence-electron chi connectivity index (χ0n) is 10.6. The molecule has 98 valence electrons. The van der Waals surface area contributed by atoms with Gasteiger partial charge in [0, 0.05) is 23.2 Å². The Balaban J connectivity index is 2.58. The zero-order valence-corrected chi connectivity index (χ0v) is 12.1. The molecule has 4 heteroatoms. The highest BCUT2D eigenvalue weighted by Gasteiger charge is 2.12. The van der Waals surface area contributed by atoms with Crippen molar-refractivity contribution in [1.29, 1.82) is 0 Å². The maximum Gasteiger partial charge on any atom is 0.244 e. The number of aliphatic hydroxyl groups excluding tert-OH is 1. The van der Waals surface area contributed by atoms with Crippen LogP contribution in [-0.4, -0.2) is 23.7 Å². The minimum absolute atomic E-state index is 0.0470. The summed E-state index contributed by atoms with van der Waals surface area (Å²) in [6.07, 6.45) is 3.26. The minimum Gasteiger partial charge on any atom is -0.396 e. The Morgan fingerprint density at radius 2 is 2.11 bits per heavy atom. The second-order valence-corrected chi connectivity index (χ2v) is 5.17. The van der Waals surface area contributed by atoms with Crippen molar-refractivity contribution in [3.05, 3.63) is 40.4 Å². The van der Waals surface area contributed by atoms with Crippen LogP contribution in [0.15, 0.2) is 34.8 Å². The second-order valence-electron chi connectivity index (χ2n) is 4.31. The van der Waals surface area contributed by atoms with E-state index in [4.69, 9.17) is 5.11 Å². The van der Waals surface area contributed by atoms with Crippen LogP contribution in [0.3, 0.4) is 0 Å². The van der Waals surface area contributed by atoms with Crippen LogP contribution in [0.25, 0.3) is 6.08 Å². The van der Waals surface area contributed by atoms with Crippen LogP contribution >= 0.6 is 15.9 Å². The van der Waals surface area contributed by atoms with Gasteiger partial charge in [0.2, 0.25) is 5.91 Å². The predicted octanol–water partition coefficient (Wildman–Crippen LogP) is 2.60. The number of carbonyl (C=O) groups is 1. The maximum absolute atomic E-state index is 11.7. The van der Waals surface area contributed by atoms with Gasteiger partial charge in [-0.15, -0.1) is 0 Å². The fraction of sp³-hybridized carbons (Fsp3) is 0.357. The molecule has 1 amide bonds. The number of rotatable bonds is 5. The average Bonchev–Trinajstić information content (AvgIpc) is 2.36. The Kier molecular flexibility index (Phi) is 6.09. The molecule has 0 radical (unpaired) electrons. The fourth-order valence-electron chi connectivity index (χ4n) is 1.35. The lowest BCUT2D eigenvalue weighted by molar-refractivity contribution is -0.117. The Labute approximate surface area is 116 Å². The van der Waals surface area contributed by atoms with Gasteiger partial charge >= 0.3 is 0 Å². The van der Waals surface area contributed by atoms with Gasteiger partial charge in [-0.3, -0.25) is 4.79 Å². The standard InChI is InChI=1S/C14H18BrNO2/c1-10(9-17)11(2)16-14(18)8-7-12-5-3-4-6-13(12)15/h3-8,10-11,17H,9H2,1-2H3,(H,16,18)/b8-7+. The Bertz CT molecular complexity index is 432. The minimum atomic E-state index is -0.154. The molecule has 1 rings (SSSR count). The predicted molar refractivity (Wildman–Crippen MR) is 77.0 cm³/mol. The summed E-state index contributed by atoms with van der Waals surface area (Å²) >= 11 is 3.42. The number of benzene rings is 1. The van der Waals surface area contributed by atoms with E-state index in [0.717, 1.165) is 10.0 Å². The second kappa shape index (κ2) is 7.34. The molecule has 0 aliphatic rings. The van der Waals surface area contributed by atoms with Gasteiger partial charge < -0.3 is 10.4 Å². The average molecular weight is 312 g/mol. The lowest BCUT2D eigenvalue weighted by atomic mass is 10.1. The molecule has 2 N–H and O–H groups in total. The molecule has 2 unspecified atom stereocenters. The number of halogens is 1. The molecule has 2 atom stereocenters. The van der Waals surface area contributed by atoms with Crippen LogP contribution in [0, 0.1) is 5.92 Å². The van der Waals surface area contributed by atoms with Gasteiger partial charge in [-0.1, -0.05) is 41.1 Å². The number of aliphatic hydroxyl groups is 1. The molecule has 0 aliphatic heterocycles. The molecule has 0 aliphatic carbocycles. The molecule has 0 saturated heterocycles. The maximum atomic E-state index is 11.7. The van der Waals surface area contributed by atoms with Gasteiger partial charge in [-0.05, 0) is 30.5 Å². The molecule has 1 aromatic carbocycles. The quantitative estimate of drug-likeness (QED) is 0.821. The molecular formula is C14H18BrNO2. The summed E-state index contributed by atoms with van der Waals surface area (Å²) in [5, 5.41) is 11.8. The van der Waals surface area contributed by atoms with Gasteiger partial charge in [-0.2, -0.15) is 0 Å². The molecule has 1 aromatic rings. The lowest BCUT2D eigenvalue weighted by Gasteiger charge is -2.18. The van der Waals surface area contributed by atoms with Crippen molar-refractivity contribution in [1.82, 2.24) is 5.32 Å². The summed E-state index contributed by atoms with van der Waals surface area (Å²) in [6.45, 7) is 3.84. The monoisotopic (exact) mass is 311 g/mol. The van der Waals surface area contributed by atoms with Crippen molar-refractivity contribution in [3.8, 4) is 0 Å². The highest BCUT2D eigenvalue weighted by atomic mass is 79.9. The normalized spacial score (nSPS) is 14.4. The first kappa shape index (κ1) is 14.9. The van der Waals surface area contributed by atoms with Crippen LogP contribution in [-0.2, 0) is 4.79 Å². The van der Waals surface area contributed by atoms with E-state index in [-0.39, 0.29) is 24.5 Å². The smallest absolute Gasteiger partial charge is 0.244 e. The molecule has 0 spiro atoms. The molecule has 0 fully saturated rings. The molecule has 0 heterocycles. The summed E-state index contributed by atoms with van der Waals surface area (Å²) in [5.74, 6) is -0.107. The fourth-order valence-corrected chi connectivity index (χ4v) is 1.77. The summed E-state index contributed by atoms with van der Waals surface area (Å²) in [6, 6.07) is 7.64. The van der Waals surface area contributed by atoms with E-state index in [2.05, 4.69) is 21.2 Å². The van der Waals surface area contributed by atoms with E-state index >= 15 is 0 Å². The molecule has 0 saturated carbocycles. The molecular weight excluding hydrogens is 294 g/mol. The van der Waals surface area contributed by atoms with Gasteiger partial charge in [0.15, 0.2) is 0 Å². The number of hydrogen-bond donors (Lipinski definition) is 2. The van der Waals surface area contributed by atoms with Crippen molar-refractivity contribution >= 4 is 27.9 Å². The molecule has 3 nitrogen and oxygen atoms in total. The number of carbonyl (C=O) groups excluding carboxylic acids is 1.